The number of benzene rings is 2. The summed E-state index contributed by atoms with van der Waals surface area (Å²) in [5.74, 6) is 1.05. The Morgan fingerprint density at radius 3 is 2.29 bits per heavy atom. The minimum absolute atomic E-state index is 0.131. The zero-order chi connectivity index (χ0) is 22.4. The fourth-order valence-electron chi connectivity index (χ4n) is 4.13. The lowest BCUT2D eigenvalue weighted by atomic mass is 10.0. The number of hydrogen-bond donors (Lipinski definition) is 3. The molecule has 7 nitrogen and oxygen atoms in total. The minimum atomic E-state index is -0.131. The Hall–Kier alpha value is -2.77. The van der Waals surface area contributed by atoms with Crippen LogP contribution in [0.25, 0.3) is 0 Å². The number of carbonyl (C=O) groups is 1. The quantitative estimate of drug-likeness (QED) is 0.538. The third kappa shape index (κ3) is 5.68. The zero-order valence-electron chi connectivity index (χ0n) is 19.3. The Morgan fingerprint density at radius 1 is 1.03 bits per heavy atom. The van der Waals surface area contributed by atoms with Gasteiger partial charge in [-0.15, -0.1) is 0 Å². The summed E-state index contributed by atoms with van der Waals surface area (Å²) in [6.07, 6.45) is 0. The van der Waals surface area contributed by atoms with Crippen LogP contribution in [0.4, 0.5) is 5.69 Å². The van der Waals surface area contributed by atoms with E-state index in [1.807, 2.05) is 14.1 Å². The predicted octanol–water partition coefficient (Wildman–Crippen LogP) is -0.346. The molecule has 2 aromatic rings. The summed E-state index contributed by atoms with van der Waals surface area (Å²) >= 11 is 0. The molecule has 0 spiro atoms. The summed E-state index contributed by atoms with van der Waals surface area (Å²) in [5.41, 5.74) is 2.94. The first kappa shape index (κ1) is 22.9. The summed E-state index contributed by atoms with van der Waals surface area (Å²) in [6, 6.07) is 14.2. The Kier molecular flexibility index (Phi) is 7.76. The molecule has 0 unspecified atom stereocenters. The maximum absolute atomic E-state index is 13.0. The van der Waals surface area contributed by atoms with Gasteiger partial charge in [0.2, 0.25) is 0 Å². The van der Waals surface area contributed by atoms with Gasteiger partial charge in [0.25, 0.3) is 5.91 Å². The van der Waals surface area contributed by atoms with Gasteiger partial charge in [0, 0.05) is 31.4 Å². The molecule has 0 saturated carbocycles. The lowest BCUT2D eigenvalue weighted by Crippen LogP contribution is -3.27. The van der Waals surface area contributed by atoms with Crippen molar-refractivity contribution in [1.82, 2.24) is 5.32 Å². The van der Waals surface area contributed by atoms with Gasteiger partial charge >= 0.3 is 0 Å². The average molecular weight is 429 g/mol. The number of amides is 1. The number of carbonyl (C=O) groups excluding carboxylic acids is 1. The van der Waals surface area contributed by atoms with Gasteiger partial charge in [-0.2, -0.15) is 0 Å². The lowest BCUT2D eigenvalue weighted by Gasteiger charge is -2.33. The molecule has 0 bridgehead atoms. The van der Waals surface area contributed by atoms with E-state index in [1.54, 1.807) is 37.3 Å². The molecule has 3 N–H and O–H groups in total. The number of anilines is 1. The van der Waals surface area contributed by atoms with E-state index in [0.717, 1.165) is 26.2 Å². The first-order valence-electron chi connectivity index (χ1n) is 10.9. The molecule has 168 valence electrons. The van der Waals surface area contributed by atoms with Crippen molar-refractivity contribution in [1.29, 1.82) is 0 Å². The molecule has 1 fully saturated rings. The van der Waals surface area contributed by atoms with Crippen molar-refractivity contribution >= 4 is 11.6 Å². The van der Waals surface area contributed by atoms with Crippen molar-refractivity contribution < 1.29 is 24.1 Å². The Labute approximate surface area is 185 Å². The second kappa shape index (κ2) is 10.5. The largest absolute Gasteiger partial charge is 0.497 e. The van der Waals surface area contributed by atoms with E-state index < -0.39 is 0 Å². The van der Waals surface area contributed by atoms with Crippen LogP contribution in [0.2, 0.25) is 0 Å². The molecule has 0 radical (unpaired) electrons. The Balaban J connectivity index is 1.77. The molecule has 0 aliphatic carbocycles. The van der Waals surface area contributed by atoms with Crippen LogP contribution < -0.4 is 29.5 Å². The van der Waals surface area contributed by atoms with E-state index in [0.29, 0.717) is 23.6 Å². The monoisotopic (exact) mass is 428 g/mol. The Bertz CT molecular complexity index is 862. The standard InChI is InChI=1S/C24H34N4O3/c1-26(2)19-8-6-18(7-9-19)22(28-14-12-27(3)13-15-28)17-25-24(29)21-11-10-20(30-4)16-23(21)31-5/h6-11,16,22H,12-15,17H2,1-5H3,(H,25,29)/p+2/t22-/m1/s1. The van der Waals surface area contributed by atoms with Crippen LogP contribution in [0, 0.1) is 0 Å². The molecule has 1 atom stereocenters. The van der Waals surface area contributed by atoms with Crippen LogP contribution in [0.3, 0.4) is 0 Å². The van der Waals surface area contributed by atoms with Crippen LogP contribution in [-0.4, -0.2) is 74.0 Å². The lowest BCUT2D eigenvalue weighted by molar-refractivity contribution is -1.02. The second-order valence-electron chi connectivity index (χ2n) is 8.43. The fraction of sp³-hybridized carbons (Fsp3) is 0.458. The maximum Gasteiger partial charge on any atom is 0.255 e. The number of methoxy groups -OCH3 is 2. The minimum Gasteiger partial charge on any atom is -0.497 e. The van der Waals surface area contributed by atoms with Crippen LogP contribution in [0.1, 0.15) is 22.0 Å². The molecule has 0 aromatic heterocycles. The van der Waals surface area contributed by atoms with Crippen molar-refractivity contribution in [2.75, 3.05) is 73.0 Å². The number of likely N-dealkylation sites (N-methyl/N-ethyl adjacent to an activating group) is 1. The SMILES string of the molecule is COc1ccc(C(=O)NC[C@H](c2ccc(N(C)C)cc2)[NH+]2CC[NH+](C)CC2)c(OC)c1. The van der Waals surface area contributed by atoms with Gasteiger partial charge in [0.1, 0.15) is 43.7 Å². The summed E-state index contributed by atoms with van der Waals surface area (Å²) in [6.45, 7) is 5.04. The van der Waals surface area contributed by atoms with Gasteiger partial charge in [-0.3, -0.25) is 4.79 Å². The number of nitrogens with zero attached hydrogens (tertiary/aromatic N) is 1. The molecule has 2 aromatic carbocycles. The third-order valence-electron chi connectivity index (χ3n) is 6.17. The van der Waals surface area contributed by atoms with Gasteiger partial charge in [0.05, 0.1) is 33.4 Å². The fourth-order valence-corrected chi connectivity index (χ4v) is 4.13. The number of hydrogen-bond acceptors (Lipinski definition) is 4. The van der Waals surface area contributed by atoms with Crippen molar-refractivity contribution in [3.63, 3.8) is 0 Å². The molecular formula is C24H36N4O3+2. The van der Waals surface area contributed by atoms with Crippen molar-refractivity contribution in [3.8, 4) is 11.5 Å². The third-order valence-corrected chi connectivity index (χ3v) is 6.17. The molecule has 7 heteroatoms. The number of piperazine rings is 1. The van der Waals surface area contributed by atoms with E-state index in [2.05, 4.69) is 41.5 Å². The van der Waals surface area contributed by atoms with Crippen molar-refractivity contribution in [3.05, 3.63) is 53.6 Å². The zero-order valence-corrected chi connectivity index (χ0v) is 19.3. The number of quaternary nitrogens is 2. The number of rotatable bonds is 8. The first-order valence-corrected chi connectivity index (χ1v) is 10.9. The van der Waals surface area contributed by atoms with E-state index >= 15 is 0 Å². The summed E-state index contributed by atoms with van der Waals surface area (Å²) < 4.78 is 10.7. The van der Waals surface area contributed by atoms with Crippen LogP contribution in [-0.2, 0) is 0 Å². The van der Waals surface area contributed by atoms with Gasteiger partial charge in [-0.05, 0) is 24.3 Å². The predicted molar refractivity (Wildman–Crippen MR) is 123 cm³/mol. The topological polar surface area (TPSA) is 59.7 Å². The van der Waals surface area contributed by atoms with Gasteiger partial charge in [-0.25, -0.2) is 0 Å². The molecule has 1 aliphatic rings. The molecule has 1 saturated heterocycles. The molecule has 1 amide bonds. The van der Waals surface area contributed by atoms with Gasteiger partial charge in [0.15, 0.2) is 0 Å². The number of ether oxygens (including phenoxy) is 2. The highest BCUT2D eigenvalue weighted by molar-refractivity contribution is 5.97. The molecular weight excluding hydrogens is 392 g/mol. The van der Waals surface area contributed by atoms with E-state index in [1.165, 1.54) is 16.2 Å². The smallest absolute Gasteiger partial charge is 0.255 e. The molecule has 1 aliphatic heterocycles. The maximum atomic E-state index is 13.0. The highest BCUT2D eigenvalue weighted by Crippen LogP contribution is 2.24. The molecule has 3 rings (SSSR count). The van der Waals surface area contributed by atoms with Crippen molar-refractivity contribution in [2.45, 2.75) is 6.04 Å². The summed E-state index contributed by atoms with van der Waals surface area (Å²) in [4.78, 5) is 18.2. The summed E-state index contributed by atoms with van der Waals surface area (Å²) in [5, 5.41) is 3.16. The summed E-state index contributed by atoms with van der Waals surface area (Å²) in [7, 11) is 9.50. The van der Waals surface area contributed by atoms with E-state index in [9.17, 15) is 4.79 Å². The first-order chi connectivity index (χ1) is 14.9. The van der Waals surface area contributed by atoms with Crippen LogP contribution >= 0.6 is 0 Å². The second-order valence-corrected chi connectivity index (χ2v) is 8.43. The Morgan fingerprint density at radius 2 is 1.71 bits per heavy atom. The van der Waals surface area contributed by atoms with E-state index in [-0.39, 0.29) is 11.9 Å². The van der Waals surface area contributed by atoms with Crippen LogP contribution in [0.5, 0.6) is 11.5 Å². The van der Waals surface area contributed by atoms with Gasteiger partial charge in [-0.1, -0.05) is 12.1 Å². The van der Waals surface area contributed by atoms with Gasteiger partial charge < -0.3 is 29.5 Å². The molecule has 1 heterocycles. The van der Waals surface area contributed by atoms with Crippen molar-refractivity contribution in [2.24, 2.45) is 0 Å². The normalized spacial score (nSPS) is 19.4. The van der Waals surface area contributed by atoms with E-state index in [4.69, 9.17) is 9.47 Å². The highest BCUT2D eigenvalue weighted by Gasteiger charge is 2.30. The number of nitrogens with one attached hydrogen (secondary N) is 3. The average Bonchev–Trinajstić information content (AvgIpc) is 2.80. The highest BCUT2D eigenvalue weighted by atomic mass is 16.5. The molecule has 31 heavy (non-hydrogen) atoms. The van der Waals surface area contributed by atoms with Crippen LogP contribution in [0.15, 0.2) is 42.5 Å².